The zero-order valence-electron chi connectivity index (χ0n) is 19.1. The fourth-order valence-corrected chi connectivity index (χ4v) is 5.33. The van der Waals surface area contributed by atoms with E-state index < -0.39 is 7.14 Å². The van der Waals surface area contributed by atoms with Gasteiger partial charge in [0.2, 0.25) is 5.95 Å². The molecule has 0 atom stereocenters. The summed E-state index contributed by atoms with van der Waals surface area (Å²) in [5, 5.41) is 11.0. The molecule has 0 unspecified atom stereocenters. The van der Waals surface area contributed by atoms with Crippen molar-refractivity contribution < 1.29 is 9.30 Å². The highest BCUT2D eigenvalue weighted by atomic mass is 35.5. The van der Waals surface area contributed by atoms with E-state index in [9.17, 15) is 4.57 Å². The molecule has 0 radical (unpaired) electrons. The van der Waals surface area contributed by atoms with E-state index in [2.05, 4.69) is 38.1 Å². The molecule has 33 heavy (non-hydrogen) atoms. The van der Waals surface area contributed by atoms with E-state index in [0.717, 1.165) is 42.7 Å². The normalized spacial score (nSPS) is 14.7. The summed E-state index contributed by atoms with van der Waals surface area (Å²) >= 11 is 6.37. The first-order valence-corrected chi connectivity index (χ1v) is 13.9. The lowest BCUT2D eigenvalue weighted by atomic mass is 9.90. The van der Waals surface area contributed by atoms with Crippen molar-refractivity contribution in [3.8, 4) is 5.75 Å². The van der Waals surface area contributed by atoms with Crippen molar-refractivity contribution in [3.05, 3.63) is 59.2 Å². The molecule has 4 rings (SSSR count). The van der Waals surface area contributed by atoms with Crippen LogP contribution in [0.5, 0.6) is 5.75 Å². The summed E-state index contributed by atoms with van der Waals surface area (Å²) in [5.74, 6) is 2.08. The largest absolute Gasteiger partial charge is 0.495 e. The first kappa shape index (κ1) is 23.6. The molecule has 1 aliphatic heterocycles. The predicted octanol–water partition coefficient (Wildman–Crippen LogP) is 5.34. The monoisotopic (exact) mass is 485 g/mol. The summed E-state index contributed by atoms with van der Waals surface area (Å²) in [6.07, 6.45) is 3.78. The number of piperidine rings is 1. The van der Waals surface area contributed by atoms with Crippen LogP contribution in [0.3, 0.4) is 0 Å². The van der Waals surface area contributed by atoms with E-state index in [1.807, 2.05) is 30.3 Å². The fourth-order valence-electron chi connectivity index (χ4n) is 4.03. The Kier molecular flexibility index (Phi) is 7.23. The van der Waals surface area contributed by atoms with Crippen molar-refractivity contribution >= 4 is 47.2 Å². The molecule has 0 aliphatic carbocycles. The number of methoxy groups -OCH3 is 1. The fraction of sp³-hybridized carbons (Fsp3) is 0.333. The number of rotatable bonds is 7. The van der Waals surface area contributed by atoms with Gasteiger partial charge in [-0.15, -0.1) is 0 Å². The third-order valence-corrected chi connectivity index (χ3v) is 7.59. The van der Waals surface area contributed by atoms with Gasteiger partial charge in [-0.1, -0.05) is 29.8 Å². The Labute approximate surface area is 199 Å². The molecule has 0 spiro atoms. The lowest BCUT2D eigenvalue weighted by Gasteiger charge is -2.24. The molecule has 174 valence electrons. The van der Waals surface area contributed by atoms with Crippen molar-refractivity contribution in [2.75, 3.05) is 44.2 Å². The van der Waals surface area contributed by atoms with Crippen LogP contribution in [-0.4, -0.2) is 43.5 Å². The lowest BCUT2D eigenvalue weighted by molar-refractivity contribution is 0.413. The number of hydrogen-bond acceptors (Lipinski definition) is 7. The number of ether oxygens (including phenoxy) is 1. The van der Waals surface area contributed by atoms with Crippen molar-refractivity contribution in [2.45, 2.75) is 18.8 Å². The number of hydrogen-bond donors (Lipinski definition) is 3. The smallest absolute Gasteiger partial charge is 0.229 e. The van der Waals surface area contributed by atoms with Crippen molar-refractivity contribution in [2.24, 2.45) is 0 Å². The van der Waals surface area contributed by atoms with Crippen molar-refractivity contribution in [1.29, 1.82) is 0 Å². The van der Waals surface area contributed by atoms with Crippen molar-refractivity contribution in [1.82, 2.24) is 15.3 Å². The number of halogens is 1. The van der Waals surface area contributed by atoms with E-state index in [0.29, 0.717) is 28.4 Å². The number of aromatic nitrogens is 2. The van der Waals surface area contributed by atoms with Gasteiger partial charge in [0.25, 0.3) is 0 Å². The highest BCUT2D eigenvalue weighted by Gasteiger charge is 2.19. The van der Waals surface area contributed by atoms with E-state index in [1.165, 1.54) is 11.8 Å². The van der Waals surface area contributed by atoms with Crippen LogP contribution in [0.4, 0.5) is 23.1 Å². The summed E-state index contributed by atoms with van der Waals surface area (Å²) in [7, 11) is -0.827. The van der Waals surface area contributed by atoms with Crippen LogP contribution >= 0.6 is 18.7 Å². The molecule has 1 aliphatic rings. The maximum Gasteiger partial charge on any atom is 0.229 e. The predicted molar refractivity (Wildman–Crippen MR) is 137 cm³/mol. The molecule has 3 N–H and O–H groups in total. The molecule has 0 bridgehead atoms. The third kappa shape index (κ3) is 5.67. The summed E-state index contributed by atoms with van der Waals surface area (Å²) in [5.41, 5.74) is 2.76. The zero-order valence-corrected chi connectivity index (χ0v) is 20.7. The SMILES string of the molecule is COc1cc(C2CCNCC2)ccc1Nc1ncc(Cl)c(Nc2ccccc2P(C)(C)=O)n1. The average Bonchev–Trinajstić information content (AvgIpc) is 2.81. The van der Waals surface area contributed by atoms with E-state index >= 15 is 0 Å². The summed E-state index contributed by atoms with van der Waals surface area (Å²) in [6.45, 7) is 5.55. The van der Waals surface area contributed by atoms with Gasteiger partial charge in [-0.3, -0.25) is 0 Å². The zero-order chi connectivity index (χ0) is 23.4. The van der Waals surface area contributed by atoms with Gasteiger partial charge in [-0.25, -0.2) is 4.98 Å². The van der Waals surface area contributed by atoms with Gasteiger partial charge >= 0.3 is 0 Å². The van der Waals surface area contributed by atoms with E-state index in [1.54, 1.807) is 20.4 Å². The van der Waals surface area contributed by atoms with Crippen LogP contribution in [0.1, 0.15) is 24.3 Å². The molecular formula is C24H29ClN5O2P. The molecule has 9 heteroatoms. The molecule has 7 nitrogen and oxygen atoms in total. The topological polar surface area (TPSA) is 88.2 Å². The second-order valence-electron chi connectivity index (χ2n) is 8.49. The number of nitrogens with zero attached hydrogens (tertiary/aromatic N) is 2. The average molecular weight is 486 g/mol. The van der Waals surface area contributed by atoms with Crippen LogP contribution in [-0.2, 0) is 4.57 Å². The number of benzene rings is 2. The maximum absolute atomic E-state index is 12.7. The van der Waals surface area contributed by atoms with Crippen LogP contribution < -0.4 is 26.0 Å². The Morgan fingerprint density at radius 3 is 2.58 bits per heavy atom. The minimum atomic E-state index is -2.49. The van der Waals surface area contributed by atoms with Crippen LogP contribution in [0.15, 0.2) is 48.7 Å². The Hall–Kier alpha value is -2.60. The first-order valence-electron chi connectivity index (χ1n) is 10.9. The molecular weight excluding hydrogens is 457 g/mol. The molecule has 0 amide bonds. The standard InChI is InChI=1S/C24H29ClN5O2P/c1-32-21-14-17(16-10-12-26-13-11-16)8-9-19(21)29-24-27-15-18(25)23(30-24)28-20-6-4-5-7-22(20)33(2,3)31/h4-9,14-16,26H,10-13H2,1-3H3,(H2,27,28,29,30). The molecule has 1 aromatic heterocycles. The highest BCUT2D eigenvalue weighted by molar-refractivity contribution is 7.70. The molecule has 3 aromatic rings. The molecule has 0 saturated carbocycles. The van der Waals surface area contributed by atoms with Crippen LogP contribution in [0, 0.1) is 0 Å². The molecule has 2 aromatic carbocycles. The lowest BCUT2D eigenvalue weighted by Crippen LogP contribution is -2.26. The Bertz CT molecular complexity index is 1180. The molecule has 2 heterocycles. The minimum Gasteiger partial charge on any atom is -0.495 e. The summed E-state index contributed by atoms with van der Waals surface area (Å²) in [6, 6.07) is 13.7. The van der Waals surface area contributed by atoms with Gasteiger partial charge in [-0.05, 0) is 75.0 Å². The number of anilines is 4. The highest BCUT2D eigenvalue weighted by Crippen LogP contribution is 2.39. The number of nitrogens with one attached hydrogen (secondary N) is 3. The van der Waals surface area contributed by atoms with Gasteiger partial charge < -0.3 is 25.3 Å². The Balaban J connectivity index is 1.58. The molecule has 1 fully saturated rings. The Morgan fingerprint density at radius 2 is 1.85 bits per heavy atom. The minimum absolute atomic E-state index is 0.366. The van der Waals surface area contributed by atoms with Crippen LogP contribution in [0.2, 0.25) is 5.02 Å². The van der Waals surface area contributed by atoms with Gasteiger partial charge in [-0.2, -0.15) is 4.98 Å². The Morgan fingerprint density at radius 1 is 1.09 bits per heavy atom. The van der Waals surface area contributed by atoms with Crippen LogP contribution in [0.25, 0.3) is 0 Å². The van der Waals surface area contributed by atoms with Gasteiger partial charge in [0.1, 0.15) is 17.9 Å². The maximum atomic E-state index is 12.7. The van der Waals surface area contributed by atoms with Gasteiger partial charge in [0, 0.05) is 5.30 Å². The second kappa shape index (κ2) is 10.1. The third-order valence-electron chi connectivity index (χ3n) is 5.76. The molecule has 1 saturated heterocycles. The van der Waals surface area contributed by atoms with E-state index in [4.69, 9.17) is 16.3 Å². The van der Waals surface area contributed by atoms with Gasteiger partial charge in [0.05, 0.1) is 24.7 Å². The summed E-state index contributed by atoms with van der Waals surface area (Å²) in [4.78, 5) is 8.88. The summed E-state index contributed by atoms with van der Waals surface area (Å²) < 4.78 is 18.3. The first-order chi connectivity index (χ1) is 15.8. The second-order valence-corrected chi connectivity index (χ2v) is 12.1. The number of para-hydroxylation sites is 1. The van der Waals surface area contributed by atoms with Gasteiger partial charge in [0.15, 0.2) is 5.82 Å². The quantitative estimate of drug-likeness (QED) is 0.389. The van der Waals surface area contributed by atoms with E-state index in [-0.39, 0.29) is 0 Å². The van der Waals surface area contributed by atoms with Crippen molar-refractivity contribution in [3.63, 3.8) is 0 Å².